The molecule has 0 aliphatic rings. The minimum atomic E-state index is -0.142. The molecule has 0 aliphatic heterocycles. The second kappa shape index (κ2) is 5.01. The van der Waals surface area contributed by atoms with Crippen molar-refractivity contribution in [1.29, 1.82) is 0 Å². The van der Waals surface area contributed by atoms with Gasteiger partial charge in [0.15, 0.2) is 0 Å². The zero-order valence-corrected chi connectivity index (χ0v) is 12.1. The Balaban J connectivity index is 2.37. The van der Waals surface area contributed by atoms with Gasteiger partial charge in [0.1, 0.15) is 0 Å². The molecule has 0 fully saturated rings. The molecule has 0 spiro atoms. The maximum Gasteiger partial charge on any atom is 0.0784 e. The minimum absolute atomic E-state index is 0.114. The van der Waals surface area contributed by atoms with Crippen molar-refractivity contribution in [3.8, 4) is 0 Å². The van der Waals surface area contributed by atoms with Crippen molar-refractivity contribution in [3.63, 3.8) is 0 Å². The third-order valence-electron chi connectivity index (χ3n) is 3.03. The van der Waals surface area contributed by atoms with Crippen LogP contribution in [0.5, 0.6) is 0 Å². The molecule has 0 amide bonds. The average Bonchev–Trinajstić information content (AvgIpc) is 2.75. The molecule has 2 rings (SSSR count). The van der Waals surface area contributed by atoms with Gasteiger partial charge in [0.05, 0.1) is 10.4 Å². The van der Waals surface area contributed by atoms with Gasteiger partial charge in [0.2, 0.25) is 0 Å². The minimum Gasteiger partial charge on any atom is -0.146 e. The molecule has 1 aromatic carbocycles. The van der Waals surface area contributed by atoms with Gasteiger partial charge >= 0.3 is 0 Å². The van der Waals surface area contributed by atoms with Gasteiger partial charge in [-0.05, 0) is 17.0 Å². The number of thiophene rings is 1. The van der Waals surface area contributed by atoms with E-state index in [4.69, 9.17) is 23.2 Å². The van der Waals surface area contributed by atoms with Crippen LogP contribution in [-0.2, 0) is 5.41 Å². The van der Waals surface area contributed by atoms with Gasteiger partial charge < -0.3 is 0 Å². The number of alkyl halides is 1. The summed E-state index contributed by atoms with van der Waals surface area (Å²) in [5.74, 6) is 0. The number of benzene rings is 1. The van der Waals surface area contributed by atoms with E-state index in [1.807, 2.05) is 29.6 Å². The van der Waals surface area contributed by atoms with Crippen molar-refractivity contribution in [2.75, 3.05) is 0 Å². The van der Waals surface area contributed by atoms with Gasteiger partial charge in [-0.2, -0.15) is 0 Å². The summed E-state index contributed by atoms with van der Waals surface area (Å²) in [6.07, 6.45) is 0. The first-order valence-corrected chi connectivity index (χ1v) is 7.15. The van der Waals surface area contributed by atoms with Crippen LogP contribution in [0.15, 0.2) is 41.8 Å². The zero-order chi connectivity index (χ0) is 12.5. The Morgan fingerprint density at radius 3 is 2.29 bits per heavy atom. The van der Waals surface area contributed by atoms with E-state index >= 15 is 0 Å². The lowest BCUT2D eigenvalue weighted by atomic mass is 9.80. The highest BCUT2D eigenvalue weighted by atomic mass is 35.5. The molecule has 90 valence electrons. The molecule has 0 bridgehead atoms. The van der Waals surface area contributed by atoms with Crippen molar-refractivity contribution in [2.24, 2.45) is 0 Å². The molecule has 0 radical (unpaired) electrons. The standard InChI is InChI=1S/C14H14Cl2S/c1-14(2,10-6-4-3-5-7-10)13(16)12-11(15)8-9-17-12/h3-9,13H,1-2H3. The first-order valence-electron chi connectivity index (χ1n) is 5.46. The van der Waals surface area contributed by atoms with Gasteiger partial charge in [-0.25, -0.2) is 0 Å². The van der Waals surface area contributed by atoms with Crippen LogP contribution in [0.25, 0.3) is 0 Å². The fourth-order valence-corrected chi connectivity index (χ4v) is 3.61. The van der Waals surface area contributed by atoms with Crippen LogP contribution in [0.1, 0.15) is 29.7 Å². The Bertz CT molecular complexity index is 488. The number of halogens is 2. The van der Waals surface area contributed by atoms with E-state index in [2.05, 4.69) is 26.0 Å². The monoisotopic (exact) mass is 284 g/mol. The van der Waals surface area contributed by atoms with E-state index in [1.54, 1.807) is 11.3 Å². The first-order chi connectivity index (χ1) is 8.03. The molecule has 2 aromatic rings. The molecule has 1 aromatic heterocycles. The van der Waals surface area contributed by atoms with E-state index in [9.17, 15) is 0 Å². The average molecular weight is 285 g/mol. The predicted molar refractivity (Wildman–Crippen MR) is 77.4 cm³/mol. The highest BCUT2D eigenvalue weighted by molar-refractivity contribution is 7.11. The Morgan fingerprint density at radius 2 is 1.76 bits per heavy atom. The van der Waals surface area contributed by atoms with E-state index in [1.165, 1.54) is 5.56 Å². The van der Waals surface area contributed by atoms with Crippen molar-refractivity contribution >= 4 is 34.5 Å². The van der Waals surface area contributed by atoms with E-state index in [-0.39, 0.29) is 10.8 Å². The van der Waals surface area contributed by atoms with E-state index in [0.717, 1.165) is 9.90 Å². The number of rotatable bonds is 3. The summed E-state index contributed by atoms with van der Waals surface area (Å²) < 4.78 is 0. The molecule has 1 unspecified atom stereocenters. The normalized spacial score (nSPS) is 13.6. The van der Waals surface area contributed by atoms with Crippen molar-refractivity contribution in [1.82, 2.24) is 0 Å². The SMILES string of the molecule is CC(C)(c1ccccc1)C(Cl)c1sccc1Cl. The summed E-state index contributed by atoms with van der Waals surface area (Å²) in [7, 11) is 0. The lowest BCUT2D eigenvalue weighted by Crippen LogP contribution is -2.22. The van der Waals surface area contributed by atoms with Crippen molar-refractivity contribution < 1.29 is 0 Å². The lowest BCUT2D eigenvalue weighted by molar-refractivity contribution is 0.509. The maximum absolute atomic E-state index is 6.61. The molecule has 1 atom stereocenters. The van der Waals surface area contributed by atoms with E-state index in [0.29, 0.717) is 0 Å². The fourth-order valence-electron chi connectivity index (χ4n) is 1.83. The summed E-state index contributed by atoms with van der Waals surface area (Å²) in [5, 5.41) is 2.63. The molecule has 3 heteroatoms. The molecule has 0 saturated heterocycles. The molecular weight excluding hydrogens is 271 g/mol. The molecule has 1 heterocycles. The molecule has 0 saturated carbocycles. The second-order valence-electron chi connectivity index (χ2n) is 4.58. The Kier molecular flexibility index (Phi) is 3.82. The van der Waals surface area contributed by atoms with Crippen LogP contribution in [-0.4, -0.2) is 0 Å². The predicted octanol–water partition coefficient (Wildman–Crippen LogP) is 5.66. The third kappa shape index (κ3) is 2.52. The van der Waals surface area contributed by atoms with E-state index < -0.39 is 0 Å². The third-order valence-corrected chi connectivity index (χ3v) is 5.34. The second-order valence-corrected chi connectivity index (χ2v) is 6.37. The topological polar surface area (TPSA) is 0 Å². The molecular formula is C14H14Cl2S. The van der Waals surface area contributed by atoms with Gasteiger partial charge in [-0.1, -0.05) is 55.8 Å². The van der Waals surface area contributed by atoms with Crippen LogP contribution < -0.4 is 0 Å². The van der Waals surface area contributed by atoms with Crippen molar-refractivity contribution in [2.45, 2.75) is 24.6 Å². The zero-order valence-electron chi connectivity index (χ0n) is 9.78. The highest BCUT2D eigenvalue weighted by Gasteiger charge is 2.32. The summed E-state index contributed by atoms with van der Waals surface area (Å²) in [6.45, 7) is 4.30. The van der Waals surface area contributed by atoms with Gasteiger partial charge in [0.25, 0.3) is 0 Å². The van der Waals surface area contributed by atoms with Gasteiger partial charge in [-0.15, -0.1) is 22.9 Å². The molecule has 0 aliphatic carbocycles. The van der Waals surface area contributed by atoms with Crippen molar-refractivity contribution in [3.05, 3.63) is 57.2 Å². The van der Waals surface area contributed by atoms with Gasteiger partial charge in [-0.3, -0.25) is 0 Å². The fraction of sp³-hybridized carbons (Fsp3) is 0.286. The summed E-state index contributed by atoms with van der Waals surface area (Å²) in [6, 6.07) is 12.2. The van der Waals surface area contributed by atoms with Crippen LogP contribution in [0.4, 0.5) is 0 Å². The molecule has 0 nitrogen and oxygen atoms in total. The first kappa shape index (κ1) is 12.9. The van der Waals surface area contributed by atoms with Gasteiger partial charge in [0, 0.05) is 10.3 Å². The quantitative estimate of drug-likeness (QED) is 0.638. The number of hydrogen-bond acceptors (Lipinski definition) is 1. The molecule has 17 heavy (non-hydrogen) atoms. The summed E-state index contributed by atoms with van der Waals surface area (Å²) in [4.78, 5) is 1.04. The smallest absolute Gasteiger partial charge is 0.0784 e. The Labute approximate surface area is 116 Å². The summed E-state index contributed by atoms with van der Waals surface area (Å²) in [5.41, 5.74) is 1.08. The highest BCUT2D eigenvalue weighted by Crippen LogP contribution is 2.45. The number of hydrogen-bond donors (Lipinski definition) is 0. The lowest BCUT2D eigenvalue weighted by Gasteiger charge is -2.30. The van der Waals surface area contributed by atoms with Crippen LogP contribution in [0.3, 0.4) is 0 Å². The van der Waals surface area contributed by atoms with Crippen LogP contribution in [0, 0.1) is 0 Å². The Morgan fingerprint density at radius 1 is 1.12 bits per heavy atom. The largest absolute Gasteiger partial charge is 0.146 e. The Hall–Kier alpha value is -0.500. The van der Waals surface area contributed by atoms with Crippen LogP contribution in [0.2, 0.25) is 5.02 Å². The molecule has 0 N–H and O–H groups in total. The van der Waals surface area contributed by atoms with Crippen LogP contribution >= 0.6 is 34.5 Å². The summed E-state index contributed by atoms with van der Waals surface area (Å²) >= 11 is 14.4. The maximum atomic E-state index is 6.61.